The van der Waals surface area contributed by atoms with Crippen LogP contribution in [0.1, 0.15) is 37.7 Å². The number of thiophene rings is 1. The van der Waals surface area contributed by atoms with Crippen LogP contribution in [0.2, 0.25) is 0 Å². The highest BCUT2D eigenvalue weighted by molar-refractivity contribution is 7.14. The molecule has 1 fully saturated rings. The number of rotatable bonds is 5. The third kappa shape index (κ3) is 4.56. The van der Waals surface area contributed by atoms with E-state index in [2.05, 4.69) is 0 Å². The van der Waals surface area contributed by atoms with Gasteiger partial charge in [0.05, 0.1) is 12.2 Å². The predicted molar refractivity (Wildman–Crippen MR) is 114 cm³/mol. The summed E-state index contributed by atoms with van der Waals surface area (Å²) in [5.74, 6) is -1.23. The maximum Gasteiger partial charge on any atom is 0.230 e. The van der Waals surface area contributed by atoms with Crippen molar-refractivity contribution >= 4 is 22.9 Å². The number of carbonyl (C=O) groups excluding carboxylic acids is 1. The fraction of sp³-hybridized carbons (Fsp3) is 0.292. The summed E-state index contributed by atoms with van der Waals surface area (Å²) in [5, 5.41) is 1.95. The molecule has 2 aromatic carbocycles. The number of benzene rings is 2. The average molecular weight is 412 g/mol. The van der Waals surface area contributed by atoms with E-state index in [4.69, 9.17) is 0 Å². The minimum Gasteiger partial charge on any atom is -0.307 e. The Morgan fingerprint density at radius 2 is 1.76 bits per heavy atom. The molecule has 29 heavy (non-hydrogen) atoms. The van der Waals surface area contributed by atoms with Crippen molar-refractivity contribution in [2.75, 3.05) is 4.90 Å². The zero-order valence-electron chi connectivity index (χ0n) is 16.1. The molecular formula is C24H23F2NOS. The van der Waals surface area contributed by atoms with E-state index in [1.165, 1.54) is 12.1 Å². The number of nitrogens with zero attached hydrogens (tertiary/aromatic N) is 1. The second kappa shape index (κ2) is 8.87. The third-order valence-electron chi connectivity index (χ3n) is 5.52. The average Bonchev–Trinajstić information content (AvgIpc) is 3.24. The molecule has 0 spiro atoms. The molecule has 5 heteroatoms. The van der Waals surface area contributed by atoms with Gasteiger partial charge < -0.3 is 4.90 Å². The van der Waals surface area contributed by atoms with E-state index in [0.29, 0.717) is 5.56 Å². The highest BCUT2D eigenvalue weighted by Gasteiger charge is 2.28. The van der Waals surface area contributed by atoms with Gasteiger partial charge in [-0.2, -0.15) is 0 Å². The second-order valence-corrected chi connectivity index (χ2v) is 8.44. The molecule has 0 unspecified atom stereocenters. The van der Waals surface area contributed by atoms with Crippen LogP contribution in [0.25, 0.3) is 10.4 Å². The van der Waals surface area contributed by atoms with Crippen LogP contribution < -0.4 is 4.90 Å². The van der Waals surface area contributed by atoms with Crippen molar-refractivity contribution in [3.05, 3.63) is 77.2 Å². The molecule has 150 valence electrons. The maximum atomic E-state index is 14.3. The van der Waals surface area contributed by atoms with E-state index in [0.717, 1.165) is 54.3 Å². The van der Waals surface area contributed by atoms with Crippen LogP contribution in [0.5, 0.6) is 0 Å². The molecular weight excluding hydrogens is 388 g/mol. The van der Waals surface area contributed by atoms with Crippen molar-refractivity contribution in [3.8, 4) is 10.4 Å². The molecule has 1 aliphatic rings. The minimum absolute atomic E-state index is 0.0332. The molecule has 0 atom stereocenters. The molecule has 1 aliphatic carbocycles. The van der Waals surface area contributed by atoms with E-state index in [1.54, 1.807) is 16.2 Å². The van der Waals surface area contributed by atoms with Gasteiger partial charge in [0.15, 0.2) is 0 Å². The molecule has 1 aromatic heterocycles. The quantitative estimate of drug-likeness (QED) is 0.452. The number of carbonyl (C=O) groups is 1. The first-order valence-electron chi connectivity index (χ1n) is 10.0. The van der Waals surface area contributed by atoms with Gasteiger partial charge in [0.2, 0.25) is 5.91 Å². The first kappa shape index (κ1) is 19.8. The lowest BCUT2D eigenvalue weighted by molar-refractivity contribution is -0.123. The Morgan fingerprint density at radius 3 is 2.48 bits per heavy atom. The highest BCUT2D eigenvalue weighted by Crippen LogP contribution is 2.35. The summed E-state index contributed by atoms with van der Waals surface area (Å²) in [5.41, 5.74) is 2.18. The largest absolute Gasteiger partial charge is 0.307 e. The van der Waals surface area contributed by atoms with Crippen LogP contribution in [-0.2, 0) is 11.3 Å². The molecule has 1 heterocycles. The molecule has 1 saturated carbocycles. The normalized spacial score (nSPS) is 14.7. The summed E-state index contributed by atoms with van der Waals surface area (Å²) in [6.07, 6.45) is 5.00. The molecule has 0 aliphatic heterocycles. The van der Waals surface area contributed by atoms with Gasteiger partial charge in [-0.1, -0.05) is 55.7 Å². The van der Waals surface area contributed by atoms with Crippen LogP contribution >= 0.6 is 11.3 Å². The Labute approximate surface area is 173 Å². The van der Waals surface area contributed by atoms with Gasteiger partial charge in [0.25, 0.3) is 0 Å². The molecule has 3 aromatic rings. The summed E-state index contributed by atoms with van der Waals surface area (Å²) >= 11 is 1.56. The van der Waals surface area contributed by atoms with Crippen LogP contribution in [0.4, 0.5) is 14.5 Å². The topological polar surface area (TPSA) is 20.3 Å². The maximum absolute atomic E-state index is 14.3. The van der Waals surface area contributed by atoms with Crippen molar-refractivity contribution in [2.45, 2.75) is 38.6 Å². The Morgan fingerprint density at radius 1 is 1.00 bits per heavy atom. The van der Waals surface area contributed by atoms with Gasteiger partial charge in [0, 0.05) is 27.8 Å². The Bertz CT molecular complexity index is 980. The summed E-state index contributed by atoms with van der Waals surface area (Å²) in [4.78, 5) is 16.1. The summed E-state index contributed by atoms with van der Waals surface area (Å²) < 4.78 is 27.7. The summed E-state index contributed by atoms with van der Waals surface area (Å²) in [7, 11) is 0. The van der Waals surface area contributed by atoms with Crippen LogP contribution in [-0.4, -0.2) is 5.91 Å². The lowest BCUT2D eigenvalue weighted by atomic mass is 9.88. The zero-order valence-corrected chi connectivity index (χ0v) is 16.9. The number of amides is 1. The van der Waals surface area contributed by atoms with Gasteiger partial charge in [-0.3, -0.25) is 4.79 Å². The van der Waals surface area contributed by atoms with Crippen LogP contribution in [0.3, 0.4) is 0 Å². The number of hydrogen-bond donors (Lipinski definition) is 0. The lowest BCUT2D eigenvalue weighted by Crippen LogP contribution is -2.36. The van der Waals surface area contributed by atoms with E-state index in [1.807, 2.05) is 41.8 Å². The van der Waals surface area contributed by atoms with E-state index in [9.17, 15) is 13.6 Å². The summed E-state index contributed by atoms with van der Waals surface area (Å²) in [6, 6.07) is 15.5. The second-order valence-electron chi connectivity index (χ2n) is 7.53. The minimum atomic E-state index is -0.620. The monoisotopic (exact) mass is 411 g/mol. The molecule has 0 radical (unpaired) electrons. The SMILES string of the molecule is O=C(C1CCCCC1)N(Cc1ccc(F)cc1F)c1csc(-c2ccccc2)c1. The number of anilines is 1. The van der Waals surface area contributed by atoms with Crippen molar-refractivity contribution in [3.63, 3.8) is 0 Å². The number of hydrogen-bond acceptors (Lipinski definition) is 2. The van der Waals surface area contributed by atoms with Crippen molar-refractivity contribution in [1.82, 2.24) is 0 Å². The standard InChI is InChI=1S/C24H23F2NOS/c25-20-12-11-19(22(26)13-20)15-27(24(28)18-9-5-2-6-10-18)21-14-23(29-16-21)17-7-3-1-4-8-17/h1,3-4,7-8,11-14,16,18H,2,5-6,9-10,15H2. The smallest absolute Gasteiger partial charge is 0.230 e. The van der Waals surface area contributed by atoms with Gasteiger partial charge in [0.1, 0.15) is 11.6 Å². The first-order chi connectivity index (χ1) is 14.1. The van der Waals surface area contributed by atoms with Gasteiger partial charge >= 0.3 is 0 Å². The Kier molecular flexibility index (Phi) is 6.05. The highest BCUT2D eigenvalue weighted by atomic mass is 32.1. The lowest BCUT2D eigenvalue weighted by Gasteiger charge is -2.29. The van der Waals surface area contributed by atoms with E-state index in [-0.39, 0.29) is 18.4 Å². The van der Waals surface area contributed by atoms with E-state index < -0.39 is 11.6 Å². The van der Waals surface area contributed by atoms with E-state index >= 15 is 0 Å². The van der Waals surface area contributed by atoms with Crippen molar-refractivity contribution in [1.29, 1.82) is 0 Å². The number of halogens is 2. The zero-order chi connectivity index (χ0) is 20.2. The first-order valence-corrected chi connectivity index (χ1v) is 10.9. The van der Waals surface area contributed by atoms with Crippen molar-refractivity contribution in [2.24, 2.45) is 5.92 Å². The van der Waals surface area contributed by atoms with Gasteiger partial charge in [-0.05, 0) is 30.5 Å². The Balaban J connectivity index is 1.66. The Hall–Kier alpha value is -2.53. The fourth-order valence-corrected chi connectivity index (χ4v) is 4.81. The molecule has 0 bridgehead atoms. The van der Waals surface area contributed by atoms with Gasteiger partial charge in [-0.15, -0.1) is 11.3 Å². The van der Waals surface area contributed by atoms with Crippen molar-refractivity contribution < 1.29 is 13.6 Å². The van der Waals surface area contributed by atoms with Gasteiger partial charge in [-0.25, -0.2) is 8.78 Å². The predicted octanol–water partition coefficient (Wildman–Crippen LogP) is 6.81. The molecule has 1 amide bonds. The van der Waals surface area contributed by atoms with Crippen LogP contribution in [0.15, 0.2) is 60.0 Å². The summed E-state index contributed by atoms with van der Waals surface area (Å²) in [6.45, 7) is 0.104. The molecule has 0 N–H and O–H groups in total. The third-order valence-corrected chi connectivity index (χ3v) is 6.49. The molecule has 2 nitrogen and oxygen atoms in total. The molecule has 0 saturated heterocycles. The fourth-order valence-electron chi connectivity index (χ4n) is 3.91. The molecule has 4 rings (SSSR count). The van der Waals surface area contributed by atoms with Crippen LogP contribution in [0, 0.1) is 17.6 Å².